The number of allylic oxidation sites excluding steroid dienone is 1. The number of rotatable bonds is 5. The van der Waals surface area contributed by atoms with Crippen LogP contribution >= 0.6 is 0 Å². The Morgan fingerprint density at radius 2 is 1.93 bits per heavy atom. The van der Waals surface area contributed by atoms with Crippen LogP contribution in [-0.4, -0.2) is 0 Å². The molecule has 0 amide bonds. The van der Waals surface area contributed by atoms with Crippen molar-refractivity contribution >= 4 is 6.08 Å². The Kier molecular flexibility index (Phi) is 5.25. The lowest BCUT2D eigenvalue weighted by Gasteiger charge is -1.94. The first kappa shape index (κ1) is 11.5. The molecule has 1 nitrogen and oxygen atoms in total. The fourth-order valence-corrected chi connectivity index (χ4v) is 1.40. The van der Waals surface area contributed by atoms with Gasteiger partial charge in [0, 0.05) is 0 Å². The van der Waals surface area contributed by atoms with Gasteiger partial charge in [-0.25, -0.2) is 0 Å². The summed E-state index contributed by atoms with van der Waals surface area (Å²) in [6, 6.07) is 9.78. The second-order valence-corrected chi connectivity index (χ2v) is 3.63. The van der Waals surface area contributed by atoms with E-state index < -0.39 is 0 Å². The second-order valence-electron chi connectivity index (χ2n) is 3.63. The van der Waals surface area contributed by atoms with Gasteiger partial charge in [0.2, 0.25) is 0 Å². The van der Waals surface area contributed by atoms with Crippen molar-refractivity contribution in [3.05, 3.63) is 41.5 Å². The van der Waals surface area contributed by atoms with Gasteiger partial charge in [-0.05, 0) is 30.5 Å². The van der Waals surface area contributed by atoms with Crippen LogP contribution in [0.3, 0.4) is 0 Å². The minimum Gasteiger partial charge on any atom is -0.192 e. The molecule has 0 unspecified atom stereocenters. The molecule has 0 radical (unpaired) electrons. The number of nitrogens with zero attached hydrogens (tertiary/aromatic N) is 1. The lowest BCUT2D eigenvalue weighted by Crippen LogP contribution is -1.75. The molecule has 78 valence electrons. The molecule has 0 fully saturated rings. The smallest absolute Gasteiger partial charge is 0.0991 e. The molecule has 0 atom stereocenters. The van der Waals surface area contributed by atoms with Gasteiger partial charge >= 0.3 is 0 Å². The summed E-state index contributed by atoms with van der Waals surface area (Å²) in [7, 11) is 0. The maximum Gasteiger partial charge on any atom is 0.0991 e. The summed E-state index contributed by atoms with van der Waals surface area (Å²) >= 11 is 0. The number of unbranched alkanes of at least 4 members (excludes halogenated alkanes) is 3. The number of hydrogen-bond acceptors (Lipinski definition) is 1. The van der Waals surface area contributed by atoms with E-state index in [1.807, 2.05) is 24.3 Å². The van der Waals surface area contributed by atoms with E-state index in [-0.39, 0.29) is 0 Å². The molecule has 0 spiro atoms. The maximum absolute atomic E-state index is 8.63. The first-order chi connectivity index (χ1) is 7.36. The maximum atomic E-state index is 8.63. The predicted molar refractivity (Wildman–Crippen MR) is 64.3 cm³/mol. The summed E-state index contributed by atoms with van der Waals surface area (Å²) in [4.78, 5) is 0. The van der Waals surface area contributed by atoms with Crippen LogP contribution in [0.25, 0.3) is 6.08 Å². The van der Waals surface area contributed by atoms with Crippen LogP contribution < -0.4 is 0 Å². The van der Waals surface area contributed by atoms with E-state index in [4.69, 9.17) is 5.26 Å². The Balaban J connectivity index is 2.40. The van der Waals surface area contributed by atoms with Crippen molar-refractivity contribution in [2.24, 2.45) is 0 Å². The van der Waals surface area contributed by atoms with Gasteiger partial charge in [0.15, 0.2) is 0 Å². The molecular formula is C14H17N. The van der Waals surface area contributed by atoms with E-state index in [9.17, 15) is 0 Å². The summed E-state index contributed by atoms with van der Waals surface area (Å²) in [5.41, 5.74) is 1.89. The van der Waals surface area contributed by atoms with Crippen LogP contribution in [0.4, 0.5) is 0 Å². The molecule has 0 bridgehead atoms. The molecule has 0 heterocycles. The minimum absolute atomic E-state index is 0.720. The first-order valence-electron chi connectivity index (χ1n) is 5.53. The Hall–Kier alpha value is -1.55. The van der Waals surface area contributed by atoms with Crippen molar-refractivity contribution in [1.29, 1.82) is 5.26 Å². The second kappa shape index (κ2) is 6.84. The summed E-state index contributed by atoms with van der Waals surface area (Å²) in [5, 5.41) is 8.63. The molecule has 1 aromatic carbocycles. The van der Waals surface area contributed by atoms with Gasteiger partial charge < -0.3 is 0 Å². The Labute approximate surface area is 92.1 Å². The highest BCUT2D eigenvalue weighted by Crippen LogP contribution is 2.07. The van der Waals surface area contributed by atoms with E-state index in [2.05, 4.69) is 25.1 Å². The van der Waals surface area contributed by atoms with Crippen molar-refractivity contribution in [2.45, 2.75) is 32.6 Å². The first-order valence-corrected chi connectivity index (χ1v) is 5.53. The Morgan fingerprint density at radius 1 is 1.20 bits per heavy atom. The highest BCUT2D eigenvalue weighted by molar-refractivity contribution is 5.50. The monoisotopic (exact) mass is 199 g/mol. The molecule has 15 heavy (non-hydrogen) atoms. The van der Waals surface area contributed by atoms with Gasteiger partial charge in [0.05, 0.1) is 11.6 Å². The normalized spacial score (nSPS) is 10.4. The highest BCUT2D eigenvalue weighted by Gasteiger charge is 1.89. The van der Waals surface area contributed by atoms with Crippen LogP contribution in [0.15, 0.2) is 30.3 Å². The van der Waals surface area contributed by atoms with Gasteiger partial charge in [-0.1, -0.05) is 44.1 Å². The largest absolute Gasteiger partial charge is 0.192 e. The van der Waals surface area contributed by atoms with Crippen LogP contribution in [0.1, 0.15) is 43.7 Å². The fourth-order valence-electron chi connectivity index (χ4n) is 1.40. The van der Waals surface area contributed by atoms with Gasteiger partial charge in [-0.15, -0.1) is 0 Å². The van der Waals surface area contributed by atoms with Crippen LogP contribution in [0.2, 0.25) is 0 Å². The zero-order chi connectivity index (χ0) is 10.9. The topological polar surface area (TPSA) is 23.8 Å². The zero-order valence-electron chi connectivity index (χ0n) is 9.24. The lowest BCUT2D eigenvalue weighted by atomic mass is 10.1. The molecule has 0 saturated heterocycles. The molecule has 0 aromatic heterocycles. The summed E-state index contributed by atoms with van der Waals surface area (Å²) in [6.45, 7) is 2.21. The SMILES string of the molecule is CCCCC/C=C\c1ccc(C#N)cc1. The van der Waals surface area contributed by atoms with E-state index in [0.29, 0.717) is 0 Å². The molecule has 0 saturated carbocycles. The Morgan fingerprint density at radius 3 is 2.53 bits per heavy atom. The van der Waals surface area contributed by atoms with Gasteiger partial charge in [-0.3, -0.25) is 0 Å². The van der Waals surface area contributed by atoms with Crippen molar-refractivity contribution in [3.63, 3.8) is 0 Å². The van der Waals surface area contributed by atoms with Crippen molar-refractivity contribution in [2.75, 3.05) is 0 Å². The molecule has 0 aliphatic carbocycles. The summed E-state index contributed by atoms with van der Waals surface area (Å²) < 4.78 is 0. The van der Waals surface area contributed by atoms with Crippen LogP contribution in [0, 0.1) is 11.3 Å². The van der Waals surface area contributed by atoms with Gasteiger partial charge in [-0.2, -0.15) is 5.26 Å². The summed E-state index contributed by atoms with van der Waals surface area (Å²) in [6.07, 6.45) is 9.31. The number of hydrogen-bond donors (Lipinski definition) is 0. The number of nitriles is 1. The van der Waals surface area contributed by atoms with Gasteiger partial charge in [0.1, 0.15) is 0 Å². The Bertz CT molecular complexity index is 341. The average molecular weight is 199 g/mol. The third kappa shape index (κ3) is 4.46. The van der Waals surface area contributed by atoms with E-state index >= 15 is 0 Å². The molecule has 0 aliphatic heterocycles. The predicted octanol–water partition coefficient (Wildman–Crippen LogP) is 4.15. The summed E-state index contributed by atoms with van der Waals surface area (Å²) in [5.74, 6) is 0. The van der Waals surface area contributed by atoms with Gasteiger partial charge in [0.25, 0.3) is 0 Å². The lowest BCUT2D eigenvalue weighted by molar-refractivity contribution is 0.730. The van der Waals surface area contributed by atoms with Crippen LogP contribution in [0.5, 0.6) is 0 Å². The van der Waals surface area contributed by atoms with E-state index in [0.717, 1.165) is 12.0 Å². The van der Waals surface area contributed by atoms with E-state index in [1.165, 1.54) is 24.8 Å². The third-order valence-electron chi connectivity index (χ3n) is 2.32. The van der Waals surface area contributed by atoms with E-state index in [1.54, 1.807) is 0 Å². The molecule has 1 rings (SSSR count). The number of benzene rings is 1. The van der Waals surface area contributed by atoms with Crippen molar-refractivity contribution < 1.29 is 0 Å². The molecule has 0 aliphatic rings. The standard InChI is InChI=1S/C14H17N/c1-2-3-4-5-6-7-13-8-10-14(12-15)11-9-13/h6-11H,2-5H2,1H3/b7-6-. The highest BCUT2D eigenvalue weighted by atomic mass is 14.2. The fraction of sp³-hybridized carbons (Fsp3) is 0.357. The van der Waals surface area contributed by atoms with Crippen molar-refractivity contribution in [3.8, 4) is 6.07 Å². The molecule has 1 heteroatoms. The van der Waals surface area contributed by atoms with Crippen LogP contribution in [-0.2, 0) is 0 Å². The molecule has 1 aromatic rings. The molecular weight excluding hydrogens is 182 g/mol. The molecule has 0 N–H and O–H groups in total. The quantitative estimate of drug-likeness (QED) is 0.653. The minimum atomic E-state index is 0.720. The van der Waals surface area contributed by atoms with Crippen molar-refractivity contribution in [1.82, 2.24) is 0 Å². The average Bonchev–Trinajstić information content (AvgIpc) is 2.30. The third-order valence-corrected chi connectivity index (χ3v) is 2.32. The zero-order valence-corrected chi connectivity index (χ0v) is 9.24.